The third-order valence-corrected chi connectivity index (χ3v) is 5.72. The van der Waals surface area contributed by atoms with Crippen molar-refractivity contribution < 1.29 is 14.3 Å². The van der Waals surface area contributed by atoms with Gasteiger partial charge in [-0.25, -0.2) is 4.79 Å². The van der Waals surface area contributed by atoms with Crippen molar-refractivity contribution in [1.82, 2.24) is 9.55 Å². The van der Waals surface area contributed by atoms with Crippen LogP contribution in [0.4, 0.5) is 5.69 Å². The summed E-state index contributed by atoms with van der Waals surface area (Å²) >= 11 is 0. The van der Waals surface area contributed by atoms with E-state index in [1.165, 1.54) is 0 Å². The number of aromatic nitrogens is 2. The van der Waals surface area contributed by atoms with Crippen molar-refractivity contribution in [1.29, 1.82) is 0 Å². The van der Waals surface area contributed by atoms with Gasteiger partial charge in [-0.1, -0.05) is 6.07 Å². The largest absolute Gasteiger partial charge is 0.497 e. The minimum atomic E-state index is -0.129. The summed E-state index contributed by atoms with van der Waals surface area (Å²) in [5.41, 5.74) is 2.20. The Balaban J connectivity index is 1.44. The lowest BCUT2D eigenvalue weighted by Gasteiger charge is -2.28. The van der Waals surface area contributed by atoms with Gasteiger partial charge in [0.15, 0.2) is 0 Å². The van der Waals surface area contributed by atoms with Gasteiger partial charge in [0.2, 0.25) is 5.91 Å². The number of H-pyrrole nitrogens is 1. The molecule has 0 aliphatic heterocycles. The molecule has 0 atom stereocenters. The quantitative estimate of drug-likeness (QED) is 0.690. The summed E-state index contributed by atoms with van der Waals surface area (Å²) < 4.78 is 12.3. The van der Waals surface area contributed by atoms with Crippen molar-refractivity contribution >= 4 is 22.6 Å². The van der Waals surface area contributed by atoms with Crippen LogP contribution in [-0.4, -0.2) is 29.7 Å². The van der Waals surface area contributed by atoms with E-state index in [1.54, 1.807) is 14.2 Å². The van der Waals surface area contributed by atoms with E-state index < -0.39 is 0 Å². The Kier molecular flexibility index (Phi) is 5.29. The SMILES string of the molecule is COc1ccc(NC(=O)C2CCC(n3c(=O)[nH]c4c(OC)cccc43)CC2)cc1. The van der Waals surface area contributed by atoms with Crippen LogP contribution in [0.1, 0.15) is 31.7 Å². The summed E-state index contributed by atoms with van der Waals surface area (Å²) in [5, 5.41) is 2.98. The van der Waals surface area contributed by atoms with Crippen molar-refractivity contribution in [3.8, 4) is 11.5 Å². The third-order valence-electron chi connectivity index (χ3n) is 5.72. The number of anilines is 1. The fourth-order valence-corrected chi connectivity index (χ4v) is 4.17. The predicted molar refractivity (Wildman–Crippen MR) is 112 cm³/mol. The molecule has 7 nitrogen and oxygen atoms in total. The van der Waals surface area contributed by atoms with E-state index in [1.807, 2.05) is 47.0 Å². The molecule has 7 heteroatoms. The van der Waals surface area contributed by atoms with Crippen molar-refractivity contribution in [3.63, 3.8) is 0 Å². The summed E-state index contributed by atoms with van der Waals surface area (Å²) in [4.78, 5) is 28.1. The second-order valence-electron chi connectivity index (χ2n) is 7.38. The van der Waals surface area contributed by atoms with E-state index >= 15 is 0 Å². The van der Waals surface area contributed by atoms with Gasteiger partial charge in [0.1, 0.15) is 17.0 Å². The molecular formula is C22H25N3O4. The number of para-hydroxylation sites is 1. The molecule has 1 fully saturated rings. The fraction of sp³-hybridized carbons (Fsp3) is 0.364. The second-order valence-corrected chi connectivity index (χ2v) is 7.38. The number of rotatable bonds is 5. The zero-order valence-corrected chi connectivity index (χ0v) is 16.6. The van der Waals surface area contributed by atoms with Crippen molar-refractivity contribution in [2.45, 2.75) is 31.7 Å². The Hall–Kier alpha value is -3.22. The highest BCUT2D eigenvalue weighted by atomic mass is 16.5. The third kappa shape index (κ3) is 3.72. The van der Waals surface area contributed by atoms with Gasteiger partial charge in [-0.15, -0.1) is 0 Å². The molecule has 0 radical (unpaired) electrons. The molecule has 3 aromatic rings. The van der Waals surface area contributed by atoms with Crippen LogP contribution in [-0.2, 0) is 4.79 Å². The van der Waals surface area contributed by atoms with Gasteiger partial charge < -0.3 is 19.8 Å². The number of benzene rings is 2. The Labute approximate surface area is 168 Å². The molecular weight excluding hydrogens is 370 g/mol. The van der Waals surface area contributed by atoms with Crippen LogP contribution in [0.5, 0.6) is 11.5 Å². The minimum Gasteiger partial charge on any atom is -0.497 e. The topological polar surface area (TPSA) is 85.4 Å². The number of amides is 1. The molecule has 2 aromatic carbocycles. The summed E-state index contributed by atoms with van der Waals surface area (Å²) in [6.07, 6.45) is 3.06. The van der Waals surface area contributed by atoms with E-state index in [-0.39, 0.29) is 23.6 Å². The van der Waals surface area contributed by atoms with E-state index in [2.05, 4.69) is 10.3 Å². The standard InChI is InChI=1S/C22H25N3O4/c1-28-17-12-8-15(9-13-17)23-21(26)14-6-10-16(11-7-14)25-18-4-3-5-19(29-2)20(18)24-22(25)27/h3-5,8-9,12-14,16H,6-7,10-11H2,1-2H3,(H,23,26)(H,24,27). The molecule has 0 spiro atoms. The smallest absolute Gasteiger partial charge is 0.326 e. The molecule has 1 heterocycles. The Morgan fingerprint density at radius 2 is 1.76 bits per heavy atom. The molecule has 1 aliphatic carbocycles. The highest BCUT2D eigenvalue weighted by molar-refractivity contribution is 5.92. The van der Waals surface area contributed by atoms with Crippen molar-refractivity contribution in [2.75, 3.05) is 19.5 Å². The molecule has 0 bridgehead atoms. The number of hydrogen-bond acceptors (Lipinski definition) is 4. The first-order chi connectivity index (χ1) is 14.1. The maximum absolute atomic E-state index is 12.6. The summed E-state index contributed by atoms with van der Waals surface area (Å²) in [7, 11) is 3.21. The fourth-order valence-electron chi connectivity index (χ4n) is 4.17. The highest BCUT2D eigenvalue weighted by Gasteiger charge is 2.29. The average molecular weight is 395 g/mol. The molecule has 1 saturated carbocycles. The van der Waals surface area contributed by atoms with Crippen molar-refractivity contribution in [3.05, 3.63) is 52.9 Å². The van der Waals surface area contributed by atoms with Gasteiger partial charge in [0, 0.05) is 17.6 Å². The van der Waals surface area contributed by atoms with Crippen LogP contribution in [0.2, 0.25) is 0 Å². The molecule has 0 saturated heterocycles. The van der Waals surface area contributed by atoms with Crippen LogP contribution in [0.15, 0.2) is 47.3 Å². The molecule has 152 valence electrons. The first-order valence-corrected chi connectivity index (χ1v) is 9.83. The van der Waals surface area contributed by atoms with Crippen LogP contribution >= 0.6 is 0 Å². The maximum Gasteiger partial charge on any atom is 0.326 e. The molecule has 1 amide bonds. The average Bonchev–Trinajstić information content (AvgIpc) is 3.10. The zero-order chi connectivity index (χ0) is 20.4. The molecule has 1 aromatic heterocycles. The summed E-state index contributed by atoms with van der Waals surface area (Å²) in [5.74, 6) is 1.39. The first-order valence-electron chi connectivity index (χ1n) is 9.83. The number of imidazole rings is 1. The van der Waals surface area contributed by atoms with E-state index in [9.17, 15) is 9.59 Å². The molecule has 2 N–H and O–H groups in total. The van der Waals surface area contributed by atoms with E-state index in [0.29, 0.717) is 5.75 Å². The van der Waals surface area contributed by atoms with Gasteiger partial charge >= 0.3 is 5.69 Å². The number of fused-ring (bicyclic) bond motifs is 1. The lowest BCUT2D eigenvalue weighted by molar-refractivity contribution is -0.121. The van der Waals surface area contributed by atoms with Gasteiger partial charge in [-0.2, -0.15) is 0 Å². The number of carbonyl (C=O) groups excluding carboxylic acids is 1. The van der Waals surface area contributed by atoms with Crippen LogP contribution in [0.25, 0.3) is 11.0 Å². The van der Waals surface area contributed by atoms with Crippen molar-refractivity contribution in [2.24, 2.45) is 5.92 Å². The lowest BCUT2D eigenvalue weighted by Crippen LogP contribution is -2.31. The number of carbonyl (C=O) groups is 1. The van der Waals surface area contributed by atoms with Gasteiger partial charge in [0.05, 0.1) is 19.7 Å². The molecule has 29 heavy (non-hydrogen) atoms. The monoisotopic (exact) mass is 395 g/mol. The van der Waals surface area contributed by atoms with Crippen LogP contribution in [0.3, 0.4) is 0 Å². The predicted octanol–water partition coefficient (Wildman–Crippen LogP) is 3.72. The summed E-state index contributed by atoms with van der Waals surface area (Å²) in [6.45, 7) is 0. The van der Waals surface area contributed by atoms with Gasteiger partial charge in [-0.3, -0.25) is 9.36 Å². The highest BCUT2D eigenvalue weighted by Crippen LogP contribution is 2.35. The number of hydrogen-bond donors (Lipinski definition) is 2. The Morgan fingerprint density at radius 3 is 2.41 bits per heavy atom. The van der Waals surface area contributed by atoms with Gasteiger partial charge in [0.25, 0.3) is 0 Å². The van der Waals surface area contributed by atoms with Gasteiger partial charge in [-0.05, 0) is 62.1 Å². The lowest BCUT2D eigenvalue weighted by atomic mass is 9.85. The number of methoxy groups -OCH3 is 2. The molecule has 0 unspecified atom stereocenters. The second kappa shape index (κ2) is 8.03. The normalized spacial score (nSPS) is 19.1. The number of nitrogens with one attached hydrogen (secondary N) is 2. The van der Waals surface area contributed by atoms with Crippen LogP contribution < -0.4 is 20.5 Å². The zero-order valence-electron chi connectivity index (χ0n) is 16.6. The summed E-state index contributed by atoms with van der Waals surface area (Å²) in [6, 6.07) is 13.0. The minimum absolute atomic E-state index is 0.0292. The first kappa shape index (κ1) is 19.1. The Bertz CT molecular complexity index is 1060. The maximum atomic E-state index is 12.6. The van der Waals surface area contributed by atoms with Crippen LogP contribution in [0, 0.1) is 5.92 Å². The molecule has 4 rings (SSSR count). The number of aromatic amines is 1. The number of nitrogens with zero attached hydrogens (tertiary/aromatic N) is 1. The van der Waals surface area contributed by atoms with E-state index in [4.69, 9.17) is 9.47 Å². The molecule has 1 aliphatic rings. The van der Waals surface area contributed by atoms with E-state index in [0.717, 1.165) is 48.2 Å². The Morgan fingerprint density at radius 1 is 1.03 bits per heavy atom. The number of ether oxygens (including phenoxy) is 2.